The molecule has 0 heterocycles. The second-order valence-electron chi connectivity index (χ2n) is 5.48. The minimum absolute atomic E-state index is 0.214. The maximum Gasteiger partial charge on any atom is 0.282 e. The summed E-state index contributed by atoms with van der Waals surface area (Å²) in [5.74, 6) is -2.08. The van der Waals surface area contributed by atoms with Gasteiger partial charge in [0.1, 0.15) is 17.2 Å². The van der Waals surface area contributed by atoms with E-state index in [0.717, 1.165) is 37.1 Å². The van der Waals surface area contributed by atoms with Crippen LogP contribution in [0, 0.1) is 21.7 Å². The highest BCUT2D eigenvalue weighted by atomic mass is 19.1. The molecule has 24 heavy (non-hydrogen) atoms. The van der Waals surface area contributed by atoms with E-state index >= 15 is 0 Å². The van der Waals surface area contributed by atoms with Crippen LogP contribution in [0.3, 0.4) is 0 Å². The zero-order chi connectivity index (χ0) is 17.3. The third kappa shape index (κ3) is 3.48. The number of hydrogen-bond donors (Lipinski definition) is 2. The summed E-state index contributed by atoms with van der Waals surface area (Å²) in [4.78, 5) is 22.6. The molecule has 0 spiro atoms. The number of rotatable bonds is 5. The molecule has 0 unspecified atom stereocenters. The van der Waals surface area contributed by atoms with E-state index in [1.54, 1.807) is 0 Å². The van der Waals surface area contributed by atoms with Crippen molar-refractivity contribution in [3.8, 4) is 0 Å². The van der Waals surface area contributed by atoms with Crippen molar-refractivity contribution in [3.05, 3.63) is 63.7 Å². The molecule has 6 nitrogen and oxygen atoms in total. The van der Waals surface area contributed by atoms with Crippen LogP contribution in [0.4, 0.5) is 25.8 Å². The standard InChI is InChI=1S/C16H13F2N3O3/c17-9-2-6-15(21(23)24)12(7-9)16(22)20-13-5-1-10(18)8-14(13)19-11-3-4-11/h1-2,5-8,11,19H,3-4H2,(H,20,22). The number of nitrogens with one attached hydrogen (secondary N) is 2. The summed E-state index contributed by atoms with van der Waals surface area (Å²) < 4.78 is 26.8. The van der Waals surface area contributed by atoms with E-state index in [1.807, 2.05) is 0 Å². The van der Waals surface area contributed by atoms with Gasteiger partial charge in [0.25, 0.3) is 11.6 Å². The van der Waals surface area contributed by atoms with E-state index in [-0.39, 0.29) is 11.7 Å². The highest BCUT2D eigenvalue weighted by Gasteiger charge is 2.24. The molecule has 124 valence electrons. The zero-order valence-electron chi connectivity index (χ0n) is 12.4. The quantitative estimate of drug-likeness (QED) is 0.645. The number of nitro groups is 1. The fourth-order valence-corrected chi connectivity index (χ4v) is 2.23. The van der Waals surface area contributed by atoms with Gasteiger partial charge in [-0.15, -0.1) is 0 Å². The van der Waals surface area contributed by atoms with Crippen molar-refractivity contribution < 1.29 is 18.5 Å². The number of benzene rings is 2. The van der Waals surface area contributed by atoms with Gasteiger partial charge in [-0.25, -0.2) is 8.78 Å². The van der Waals surface area contributed by atoms with Gasteiger partial charge in [0, 0.05) is 12.1 Å². The summed E-state index contributed by atoms with van der Waals surface area (Å²) in [6.07, 6.45) is 1.89. The molecule has 1 fully saturated rings. The van der Waals surface area contributed by atoms with Crippen LogP contribution in [0.5, 0.6) is 0 Å². The second-order valence-corrected chi connectivity index (χ2v) is 5.48. The van der Waals surface area contributed by atoms with Crippen molar-refractivity contribution in [2.75, 3.05) is 10.6 Å². The molecule has 2 aromatic carbocycles. The van der Waals surface area contributed by atoms with Gasteiger partial charge in [-0.1, -0.05) is 0 Å². The minimum atomic E-state index is -0.841. The smallest absolute Gasteiger partial charge is 0.282 e. The molecule has 3 rings (SSSR count). The van der Waals surface area contributed by atoms with E-state index in [0.29, 0.717) is 5.69 Å². The Labute approximate surface area is 135 Å². The summed E-state index contributed by atoms with van der Waals surface area (Å²) in [6, 6.07) is 6.59. The first-order valence-electron chi connectivity index (χ1n) is 7.25. The Morgan fingerprint density at radius 1 is 1.08 bits per heavy atom. The largest absolute Gasteiger partial charge is 0.381 e. The van der Waals surface area contributed by atoms with Gasteiger partial charge in [0.05, 0.1) is 16.3 Å². The number of nitro benzene ring substituents is 1. The van der Waals surface area contributed by atoms with Crippen LogP contribution in [0.15, 0.2) is 36.4 Å². The summed E-state index contributed by atoms with van der Waals surface area (Å²) in [7, 11) is 0. The van der Waals surface area contributed by atoms with Crippen molar-refractivity contribution in [1.29, 1.82) is 0 Å². The van der Waals surface area contributed by atoms with Gasteiger partial charge in [-0.3, -0.25) is 14.9 Å². The molecule has 1 aliphatic carbocycles. The number of amides is 1. The average Bonchev–Trinajstić information content (AvgIpc) is 3.33. The fourth-order valence-electron chi connectivity index (χ4n) is 2.23. The van der Waals surface area contributed by atoms with Crippen molar-refractivity contribution in [2.24, 2.45) is 0 Å². The molecule has 1 aliphatic rings. The fraction of sp³-hybridized carbons (Fsp3) is 0.188. The molecule has 0 aromatic heterocycles. The lowest BCUT2D eigenvalue weighted by Crippen LogP contribution is -2.16. The third-order valence-corrected chi connectivity index (χ3v) is 3.57. The lowest BCUT2D eigenvalue weighted by atomic mass is 10.1. The second kappa shape index (κ2) is 6.23. The molecule has 0 bridgehead atoms. The van der Waals surface area contributed by atoms with E-state index in [1.165, 1.54) is 12.1 Å². The molecule has 2 N–H and O–H groups in total. The summed E-state index contributed by atoms with van der Waals surface area (Å²) in [6.45, 7) is 0. The first-order chi connectivity index (χ1) is 11.4. The summed E-state index contributed by atoms with van der Waals surface area (Å²) >= 11 is 0. The Hall–Kier alpha value is -3.03. The lowest BCUT2D eigenvalue weighted by Gasteiger charge is -2.13. The van der Waals surface area contributed by atoms with Crippen LogP contribution in [0.1, 0.15) is 23.2 Å². The molecule has 1 saturated carbocycles. The summed E-state index contributed by atoms with van der Waals surface area (Å²) in [5, 5.41) is 16.5. The predicted octanol–water partition coefficient (Wildman–Crippen LogP) is 3.70. The van der Waals surface area contributed by atoms with Crippen LogP contribution in [-0.4, -0.2) is 16.9 Å². The van der Waals surface area contributed by atoms with Gasteiger partial charge in [-0.05, 0) is 43.2 Å². The van der Waals surface area contributed by atoms with E-state index in [4.69, 9.17) is 0 Å². The van der Waals surface area contributed by atoms with Crippen LogP contribution >= 0.6 is 0 Å². The van der Waals surface area contributed by atoms with Gasteiger partial charge >= 0.3 is 0 Å². The molecule has 8 heteroatoms. The van der Waals surface area contributed by atoms with Crippen molar-refractivity contribution in [3.63, 3.8) is 0 Å². The number of nitrogens with zero attached hydrogens (tertiary/aromatic N) is 1. The van der Waals surface area contributed by atoms with Gasteiger partial charge in [-0.2, -0.15) is 0 Å². The summed E-state index contributed by atoms with van der Waals surface area (Å²) in [5.41, 5.74) is -0.258. The predicted molar refractivity (Wildman–Crippen MR) is 84.1 cm³/mol. The molecule has 0 saturated heterocycles. The van der Waals surface area contributed by atoms with E-state index in [2.05, 4.69) is 10.6 Å². The van der Waals surface area contributed by atoms with Crippen LogP contribution < -0.4 is 10.6 Å². The molecular formula is C16H13F2N3O3. The van der Waals surface area contributed by atoms with E-state index < -0.39 is 33.7 Å². The molecule has 2 aromatic rings. The molecule has 0 atom stereocenters. The lowest BCUT2D eigenvalue weighted by molar-refractivity contribution is -0.385. The number of anilines is 2. The maximum atomic E-state index is 13.4. The van der Waals surface area contributed by atoms with Crippen molar-refractivity contribution in [1.82, 2.24) is 0 Å². The Balaban J connectivity index is 1.90. The Kier molecular flexibility index (Phi) is 4.11. The molecular weight excluding hydrogens is 320 g/mol. The Morgan fingerprint density at radius 3 is 2.42 bits per heavy atom. The number of hydrogen-bond acceptors (Lipinski definition) is 4. The van der Waals surface area contributed by atoms with E-state index in [9.17, 15) is 23.7 Å². The number of carbonyl (C=O) groups excluding carboxylic acids is 1. The SMILES string of the molecule is O=C(Nc1ccc(F)cc1NC1CC1)c1cc(F)ccc1[N+](=O)[O-]. The van der Waals surface area contributed by atoms with Gasteiger partial charge < -0.3 is 10.6 Å². The zero-order valence-corrected chi connectivity index (χ0v) is 12.4. The average molecular weight is 333 g/mol. The molecule has 0 aliphatic heterocycles. The molecule has 1 amide bonds. The normalized spacial score (nSPS) is 13.4. The van der Waals surface area contributed by atoms with Gasteiger partial charge in [0.15, 0.2) is 0 Å². The minimum Gasteiger partial charge on any atom is -0.381 e. The van der Waals surface area contributed by atoms with Crippen molar-refractivity contribution >= 4 is 23.0 Å². The van der Waals surface area contributed by atoms with Crippen molar-refractivity contribution in [2.45, 2.75) is 18.9 Å². The van der Waals surface area contributed by atoms with Gasteiger partial charge in [0.2, 0.25) is 0 Å². The first kappa shape index (κ1) is 15.9. The van der Waals surface area contributed by atoms with Crippen LogP contribution in [-0.2, 0) is 0 Å². The highest BCUT2D eigenvalue weighted by molar-refractivity contribution is 6.08. The Morgan fingerprint density at radius 2 is 1.75 bits per heavy atom. The van der Waals surface area contributed by atoms with Crippen LogP contribution in [0.2, 0.25) is 0 Å². The number of carbonyl (C=O) groups is 1. The number of halogens is 2. The third-order valence-electron chi connectivity index (χ3n) is 3.57. The highest BCUT2D eigenvalue weighted by Crippen LogP contribution is 2.31. The van der Waals surface area contributed by atoms with Crippen LogP contribution in [0.25, 0.3) is 0 Å². The Bertz CT molecular complexity index is 822. The maximum absolute atomic E-state index is 13.4. The monoisotopic (exact) mass is 333 g/mol. The molecule has 0 radical (unpaired) electrons. The first-order valence-corrected chi connectivity index (χ1v) is 7.25. The topological polar surface area (TPSA) is 84.3 Å².